The van der Waals surface area contributed by atoms with Crippen LogP contribution < -0.4 is 10.6 Å². The largest absolute Gasteiger partial charge is 0.323 e. The van der Waals surface area contributed by atoms with Gasteiger partial charge in [0.1, 0.15) is 5.82 Å². The molecule has 0 aliphatic heterocycles. The summed E-state index contributed by atoms with van der Waals surface area (Å²) in [6.45, 7) is 1.46. The molecule has 0 unspecified atom stereocenters. The van der Waals surface area contributed by atoms with Crippen LogP contribution >= 0.6 is 15.9 Å². The molecule has 2 aromatic rings. The van der Waals surface area contributed by atoms with Gasteiger partial charge in [-0.05, 0) is 59.3 Å². The average molecular weight is 351 g/mol. The third kappa shape index (κ3) is 3.88. The van der Waals surface area contributed by atoms with Gasteiger partial charge in [0.15, 0.2) is 5.78 Å². The molecule has 0 heterocycles. The van der Waals surface area contributed by atoms with Crippen LogP contribution in [0, 0.1) is 5.82 Å². The van der Waals surface area contributed by atoms with E-state index in [0.29, 0.717) is 15.7 Å². The van der Waals surface area contributed by atoms with Crippen molar-refractivity contribution in [3.8, 4) is 0 Å². The maximum absolute atomic E-state index is 13.6. The zero-order valence-electron chi connectivity index (χ0n) is 11.1. The molecule has 0 atom stereocenters. The molecule has 0 aliphatic carbocycles. The smallest absolute Gasteiger partial charge is 0.308 e. The van der Waals surface area contributed by atoms with Crippen LogP contribution in [-0.2, 0) is 0 Å². The van der Waals surface area contributed by atoms with E-state index < -0.39 is 11.8 Å². The van der Waals surface area contributed by atoms with Crippen molar-refractivity contribution >= 4 is 39.1 Å². The van der Waals surface area contributed by atoms with Gasteiger partial charge in [0, 0.05) is 15.7 Å². The number of anilines is 2. The number of Topliss-reactive ketones (excluding diaryl/α,β-unsaturated/α-hetero) is 1. The van der Waals surface area contributed by atoms with Crippen LogP contribution in [0.15, 0.2) is 46.9 Å². The SMILES string of the molecule is CC(=O)c1ccc(NC(=O)Nc2c(F)cccc2Br)cc1. The molecule has 0 radical (unpaired) electrons. The third-order valence-electron chi connectivity index (χ3n) is 2.75. The van der Waals surface area contributed by atoms with E-state index in [4.69, 9.17) is 0 Å². The number of hydrogen-bond acceptors (Lipinski definition) is 2. The second kappa shape index (κ2) is 6.49. The first-order valence-corrected chi connectivity index (χ1v) is 6.89. The lowest BCUT2D eigenvalue weighted by molar-refractivity contribution is 0.101. The van der Waals surface area contributed by atoms with Gasteiger partial charge in [-0.1, -0.05) is 6.07 Å². The monoisotopic (exact) mass is 350 g/mol. The van der Waals surface area contributed by atoms with Crippen LogP contribution in [0.3, 0.4) is 0 Å². The Hall–Kier alpha value is -2.21. The van der Waals surface area contributed by atoms with Crippen molar-refractivity contribution in [2.45, 2.75) is 6.92 Å². The highest BCUT2D eigenvalue weighted by molar-refractivity contribution is 9.10. The maximum atomic E-state index is 13.6. The van der Waals surface area contributed by atoms with Crippen molar-refractivity contribution in [3.05, 3.63) is 58.3 Å². The van der Waals surface area contributed by atoms with Gasteiger partial charge in [0.2, 0.25) is 0 Å². The van der Waals surface area contributed by atoms with Gasteiger partial charge in [0.05, 0.1) is 5.69 Å². The van der Waals surface area contributed by atoms with Gasteiger partial charge in [-0.25, -0.2) is 9.18 Å². The molecule has 108 valence electrons. The molecular weight excluding hydrogens is 339 g/mol. The zero-order valence-corrected chi connectivity index (χ0v) is 12.7. The summed E-state index contributed by atoms with van der Waals surface area (Å²) >= 11 is 3.17. The normalized spacial score (nSPS) is 10.0. The predicted octanol–water partition coefficient (Wildman–Crippen LogP) is 4.43. The molecule has 0 saturated heterocycles. The summed E-state index contributed by atoms with van der Waals surface area (Å²) < 4.78 is 14.0. The number of hydrogen-bond donors (Lipinski definition) is 2. The summed E-state index contributed by atoms with van der Waals surface area (Å²) in [5, 5.41) is 4.99. The van der Waals surface area contributed by atoms with Gasteiger partial charge in [-0.15, -0.1) is 0 Å². The fourth-order valence-electron chi connectivity index (χ4n) is 1.68. The molecule has 6 heteroatoms. The first-order valence-electron chi connectivity index (χ1n) is 6.10. The molecule has 2 rings (SSSR count). The topological polar surface area (TPSA) is 58.2 Å². The van der Waals surface area contributed by atoms with E-state index in [0.717, 1.165) is 0 Å². The molecule has 2 amide bonds. The Labute approximate surface area is 129 Å². The van der Waals surface area contributed by atoms with E-state index in [9.17, 15) is 14.0 Å². The van der Waals surface area contributed by atoms with E-state index in [-0.39, 0.29) is 11.5 Å². The van der Waals surface area contributed by atoms with Crippen LogP contribution in [0.1, 0.15) is 17.3 Å². The van der Waals surface area contributed by atoms with E-state index in [1.165, 1.54) is 19.1 Å². The molecule has 2 N–H and O–H groups in total. The highest BCUT2D eigenvalue weighted by Gasteiger charge is 2.10. The van der Waals surface area contributed by atoms with E-state index in [1.807, 2.05) is 0 Å². The van der Waals surface area contributed by atoms with E-state index in [2.05, 4.69) is 26.6 Å². The number of amides is 2. The lowest BCUT2D eigenvalue weighted by Gasteiger charge is -2.10. The number of ketones is 1. The zero-order chi connectivity index (χ0) is 15.4. The Bertz CT molecular complexity index is 666. The Kier molecular flexibility index (Phi) is 4.70. The van der Waals surface area contributed by atoms with Crippen molar-refractivity contribution in [2.75, 3.05) is 10.6 Å². The number of halogens is 2. The van der Waals surface area contributed by atoms with Crippen LogP contribution in [0.2, 0.25) is 0 Å². The lowest BCUT2D eigenvalue weighted by atomic mass is 10.1. The van der Waals surface area contributed by atoms with Crippen LogP contribution in [0.5, 0.6) is 0 Å². The molecule has 2 aromatic carbocycles. The minimum absolute atomic E-state index is 0.0544. The Balaban J connectivity index is 2.06. The standard InChI is InChI=1S/C15H12BrFN2O2/c1-9(20)10-5-7-11(8-6-10)18-15(21)19-14-12(16)3-2-4-13(14)17/h2-8H,1H3,(H2,18,19,21). The third-order valence-corrected chi connectivity index (χ3v) is 3.41. The summed E-state index contributed by atoms with van der Waals surface area (Å²) in [5.74, 6) is -0.590. The molecule has 21 heavy (non-hydrogen) atoms. The van der Waals surface area contributed by atoms with Crippen molar-refractivity contribution in [1.82, 2.24) is 0 Å². The van der Waals surface area contributed by atoms with Crippen LogP contribution in [0.4, 0.5) is 20.6 Å². The van der Waals surface area contributed by atoms with Gasteiger partial charge in [-0.3, -0.25) is 4.79 Å². The molecule has 0 bridgehead atoms. The summed E-state index contributed by atoms with van der Waals surface area (Å²) in [7, 11) is 0. The van der Waals surface area contributed by atoms with Crippen molar-refractivity contribution in [3.63, 3.8) is 0 Å². The quantitative estimate of drug-likeness (QED) is 0.804. The Morgan fingerprint density at radius 1 is 1.05 bits per heavy atom. The number of benzene rings is 2. The highest BCUT2D eigenvalue weighted by atomic mass is 79.9. The van der Waals surface area contributed by atoms with Crippen LogP contribution in [0.25, 0.3) is 0 Å². The first-order chi connectivity index (χ1) is 9.97. The molecule has 4 nitrogen and oxygen atoms in total. The summed E-state index contributed by atoms with van der Waals surface area (Å²) in [6.07, 6.45) is 0. The number of rotatable bonds is 3. The number of urea groups is 1. The number of para-hydroxylation sites is 1. The maximum Gasteiger partial charge on any atom is 0.323 e. The number of carbonyl (C=O) groups excluding carboxylic acids is 2. The minimum Gasteiger partial charge on any atom is -0.308 e. The number of carbonyl (C=O) groups is 2. The lowest BCUT2D eigenvalue weighted by Crippen LogP contribution is -2.20. The van der Waals surface area contributed by atoms with Crippen molar-refractivity contribution in [2.24, 2.45) is 0 Å². The fourth-order valence-corrected chi connectivity index (χ4v) is 2.12. The highest BCUT2D eigenvalue weighted by Crippen LogP contribution is 2.25. The molecule has 0 aromatic heterocycles. The molecule has 0 fully saturated rings. The minimum atomic E-state index is -0.573. The van der Waals surface area contributed by atoms with Gasteiger partial charge < -0.3 is 10.6 Å². The Morgan fingerprint density at radius 3 is 2.29 bits per heavy atom. The first kappa shape index (κ1) is 15.2. The van der Waals surface area contributed by atoms with E-state index in [1.54, 1.807) is 30.3 Å². The summed E-state index contributed by atoms with van der Waals surface area (Å²) in [6, 6.07) is 10.3. The van der Waals surface area contributed by atoms with Crippen LogP contribution in [-0.4, -0.2) is 11.8 Å². The average Bonchev–Trinajstić information content (AvgIpc) is 2.43. The molecular formula is C15H12BrFN2O2. The van der Waals surface area contributed by atoms with Gasteiger partial charge in [-0.2, -0.15) is 0 Å². The second-order valence-corrected chi connectivity index (χ2v) is 5.16. The summed E-state index contributed by atoms with van der Waals surface area (Å²) in [5.41, 5.74) is 1.12. The number of nitrogens with one attached hydrogen (secondary N) is 2. The Morgan fingerprint density at radius 2 is 1.71 bits per heavy atom. The van der Waals surface area contributed by atoms with Gasteiger partial charge in [0.25, 0.3) is 0 Å². The molecule has 0 spiro atoms. The molecule has 0 aliphatic rings. The predicted molar refractivity (Wildman–Crippen MR) is 83.2 cm³/mol. The molecule has 0 saturated carbocycles. The fraction of sp³-hybridized carbons (Fsp3) is 0.0667. The van der Waals surface area contributed by atoms with Crippen molar-refractivity contribution < 1.29 is 14.0 Å². The second-order valence-electron chi connectivity index (χ2n) is 4.31. The van der Waals surface area contributed by atoms with Crippen molar-refractivity contribution in [1.29, 1.82) is 0 Å². The van der Waals surface area contributed by atoms with E-state index >= 15 is 0 Å². The summed E-state index contributed by atoms with van der Waals surface area (Å²) in [4.78, 5) is 23.0. The van der Waals surface area contributed by atoms with Gasteiger partial charge >= 0.3 is 6.03 Å².